The van der Waals surface area contributed by atoms with E-state index in [0.29, 0.717) is 5.56 Å². The molecule has 0 unspecified atom stereocenters. The van der Waals surface area contributed by atoms with Crippen molar-refractivity contribution in [1.82, 2.24) is 0 Å². The van der Waals surface area contributed by atoms with E-state index in [1.54, 1.807) is 4.90 Å². The Kier molecular flexibility index (Phi) is 4.34. The third-order valence-corrected chi connectivity index (χ3v) is 4.51. The zero-order chi connectivity index (χ0) is 18.8. The van der Waals surface area contributed by atoms with Crippen molar-refractivity contribution in [2.45, 2.75) is 13.1 Å². The van der Waals surface area contributed by atoms with Gasteiger partial charge in [-0.15, -0.1) is 0 Å². The molecule has 5 heteroatoms. The van der Waals surface area contributed by atoms with E-state index in [-0.39, 0.29) is 18.0 Å². The van der Waals surface area contributed by atoms with Gasteiger partial charge in [0.25, 0.3) is 5.91 Å². The van der Waals surface area contributed by atoms with Crippen LogP contribution in [0.4, 0.5) is 17.1 Å². The maximum Gasteiger partial charge on any atom is 0.262 e. The fourth-order valence-corrected chi connectivity index (χ4v) is 3.29. The van der Waals surface area contributed by atoms with Crippen molar-refractivity contribution in [3.05, 3.63) is 90.0 Å². The quantitative estimate of drug-likeness (QED) is 0.730. The summed E-state index contributed by atoms with van der Waals surface area (Å²) in [4.78, 5) is 26.2. The molecule has 5 nitrogen and oxygen atoms in total. The molecule has 0 saturated heterocycles. The van der Waals surface area contributed by atoms with Crippen LogP contribution in [0.2, 0.25) is 0 Å². The molecule has 1 heterocycles. The molecule has 3 aromatic carbocycles. The number of hydrogen-bond donors (Lipinski definition) is 2. The van der Waals surface area contributed by atoms with Gasteiger partial charge in [0.1, 0.15) is 6.17 Å². The number of nitrogens with zero attached hydrogens (tertiary/aromatic N) is 1. The van der Waals surface area contributed by atoms with Crippen molar-refractivity contribution in [1.29, 1.82) is 0 Å². The molecule has 0 radical (unpaired) electrons. The fourth-order valence-electron chi connectivity index (χ4n) is 3.29. The van der Waals surface area contributed by atoms with Gasteiger partial charge < -0.3 is 10.6 Å². The van der Waals surface area contributed by atoms with E-state index in [1.165, 1.54) is 6.92 Å². The molecule has 0 bridgehead atoms. The largest absolute Gasteiger partial charge is 0.360 e. The summed E-state index contributed by atoms with van der Waals surface area (Å²) in [5.74, 6) is -0.167. The van der Waals surface area contributed by atoms with Gasteiger partial charge in [0.2, 0.25) is 5.91 Å². The molecule has 2 N–H and O–H groups in total. The molecule has 4 rings (SSSR count). The molecule has 1 atom stereocenters. The maximum absolute atomic E-state index is 13.2. The number of para-hydroxylation sites is 2. The number of benzene rings is 3. The Labute approximate surface area is 157 Å². The monoisotopic (exact) mass is 357 g/mol. The summed E-state index contributed by atoms with van der Waals surface area (Å²) in [6, 6.07) is 24.6. The molecular formula is C22H19N3O2. The summed E-state index contributed by atoms with van der Waals surface area (Å²) in [6.07, 6.45) is -0.346. The number of carbonyl (C=O) groups is 2. The van der Waals surface area contributed by atoms with Crippen molar-refractivity contribution in [2.75, 3.05) is 15.5 Å². The van der Waals surface area contributed by atoms with Crippen LogP contribution in [0, 0.1) is 0 Å². The summed E-state index contributed by atoms with van der Waals surface area (Å²) >= 11 is 0. The molecule has 134 valence electrons. The first kappa shape index (κ1) is 16.8. The predicted octanol–water partition coefficient (Wildman–Crippen LogP) is 4.42. The summed E-state index contributed by atoms with van der Waals surface area (Å²) in [5.41, 5.74) is 3.93. The smallest absolute Gasteiger partial charge is 0.262 e. The van der Waals surface area contributed by atoms with Gasteiger partial charge >= 0.3 is 0 Å². The summed E-state index contributed by atoms with van der Waals surface area (Å²) < 4.78 is 0. The van der Waals surface area contributed by atoms with Crippen LogP contribution < -0.4 is 15.5 Å². The molecule has 0 aromatic heterocycles. The number of rotatable bonds is 3. The third kappa shape index (κ3) is 3.27. The van der Waals surface area contributed by atoms with E-state index >= 15 is 0 Å². The molecule has 27 heavy (non-hydrogen) atoms. The highest BCUT2D eigenvalue weighted by molar-refractivity contribution is 6.12. The minimum absolute atomic E-state index is 0.0495. The van der Waals surface area contributed by atoms with Gasteiger partial charge in [-0.2, -0.15) is 0 Å². The second kappa shape index (κ2) is 6.96. The van der Waals surface area contributed by atoms with Crippen LogP contribution in [0.15, 0.2) is 78.9 Å². The molecule has 0 saturated carbocycles. The van der Waals surface area contributed by atoms with E-state index in [9.17, 15) is 9.59 Å². The average Bonchev–Trinajstić information content (AvgIpc) is 2.69. The van der Waals surface area contributed by atoms with Crippen LogP contribution in [-0.4, -0.2) is 11.8 Å². The zero-order valence-corrected chi connectivity index (χ0v) is 14.8. The van der Waals surface area contributed by atoms with E-state index in [4.69, 9.17) is 0 Å². The van der Waals surface area contributed by atoms with Gasteiger partial charge in [0.15, 0.2) is 0 Å². The molecule has 2 amide bonds. The molecule has 1 aliphatic rings. The normalized spacial score (nSPS) is 15.7. The van der Waals surface area contributed by atoms with Crippen LogP contribution in [0.1, 0.15) is 29.0 Å². The lowest BCUT2D eigenvalue weighted by Gasteiger charge is -2.38. The maximum atomic E-state index is 13.2. The van der Waals surface area contributed by atoms with Crippen LogP contribution in [0.3, 0.4) is 0 Å². The molecule has 0 fully saturated rings. The second-order valence-electron chi connectivity index (χ2n) is 6.41. The van der Waals surface area contributed by atoms with Gasteiger partial charge in [0.05, 0.1) is 5.56 Å². The van der Waals surface area contributed by atoms with Crippen molar-refractivity contribution in [3.63, 3.8) is 0 Å². The first-order valence-corrected chi connectivity index (χ1v) is 8.75. The Morgan fingerprint density at radius 2 is 1.59 bits per heavy atom. The van der Waals surface area contributed by atoms with E-state index < -0.39 is 0 Å². The molecule has 1 aliphatic heterocycles. The average molecular weight is 357 g/mol. The van der Waals surface area contributed by atoms with E-state index in [1.807, 2.05) is 78.9 Å². The lowest BCUT2D eigenvalue weighted by molar-refractivity contribution is -0.114. The molecule has 0 aliphatic carbocycles. The topological polar surface area (TPSA) is 61.4 Å². The number of nitrogens with one attached hydrogen (secondary N) is 2. The second-order valence-corrected chi connectivity index (χ2v) is 6.41. The van der Waals surface area contributed by atoms with Crippen molar-refractivity contribution < 1.29 is 9.59 Å². The standard InChI is InChI=1S/C22H19N3O2/c1-15(26)23-17-13-11-16(12-14-17)21-24-20-10-6-5-9-19(20)22(27)25(21)18-7-3-2-4-8-18/h2-14,21,24H,1H3,(H,23,26)/t21-/m0/s1. The van der Waals surface area contributed by atoms with Crippen LogP contribution >= 0.6 is 0 Å². The molecule has 0 spiro atoms. The number of fused-ring (bicyclic) bond motifs is 1. The highest BCUT2D eigenvalue weighted by Gasteiger charge is 2.33. The Hall–Kier alpha value is -3.60. The number of hydrogen-bond acceptors (Lipinski definition) is 3. The van der Waals surface area contributed by atoms with Gasteiger partial charge in [-0.3, -0.25) is 14.5 Å². The number of amides is 2. The van der Waals surface area contributed by atoms with Crippen LogP contribution in [-0.2, 0) is 4.79 Å². The first-order chi connectivity index (χ1) is 13.1. The zero-order valence-electron chi connectivity index (χ0n) is 14.8. The van der Waals surface area contributed by atoms with Gasteiger partial charge in [0, 0.05) is 24.0 Å². The Balaban J connectivity index is 1.76. The van der Waals surface area contributed by atoms with Crippen LogP contribution in [0.25, 0.3) is 0 Å². The highest BCUT2D eigenvalue weighted by atomic mass is 16.2. The van der Waals surface area contributed by atoms with Crippen molar-refractivity contribution >= 4 is 28.9 Å². The number of anilines is 3. The lowest BCUT2D eigenvalue weighted by Crippen LogP contribution is -2.43. The minimum atomic E-state index is -0.346. The summed E-state index contributed by atoms with van der Waals surface area (Å²) in [7, 11) is 0. The molecular weight excluding hydrogens is 338 g/mol. The SMILES string of the molecule is CC(=O)Nc1ccc([C@H]2Nc3ccccc3C(=O)N2c2ccccc2)cc1. The highest BCUT2D eigenvalue weighted by Crippen LogP contribution is 2.36. The first-order valence-electron chi connectivity index (χ1n) is 8.75. The van der Waals surface area contributed by atoms with E-state index in [2.05, 4.69) is 10.6 Å². The Morgan fingerprint density at radius 1 is 0.926 bits per heavy atom. The summed E-state index contributed by atoms with van der Waals surface area (Å²) in [6.45, 7) is 1.48. The predicted molar refractivity (Wildman–Crippen MR) is 107 cm³/mol. The Bertz CT molecular complexity index is 984. The number of carbonyl (C=O) groups excluding carboxylic acids is 2. The van der Waals surface area contributed by atoms with Gasteiger partial charge in [-0.1, -0.05) is 42.5 Å². The summed E-state index contributed by atoms with van der Waals surface area (Å²) in [5, 5.41) is 6.23. The Morgan fingerprint density at radius 3 is 2.30 bits per heavy atom. The fraction of sp³-hybridized carbons (Fsp3) is 0.0909. The van der Waals surface area contributed by atoms with Crippen molar-refractivity contribution in [2.24, 2.45) is 0 Å². The third-order valence-electron chi connectivity index (χ3n) is 4.51. The van der Waals surface area contributed by atoms with Crippen LogP contribution in [0.5, 0.6) is 0 Å². The minimum Gasteiger partial charge on any atom is -0.360 e. The van der Waals surface area contributed by atoms with Gasteiger partial charge in [-0.25, -0.2) is 0 Å². The van der Waals surface area contributed by atoms with E-state index in [0.717, 1.165) is 22.6 Å². The molecule has 3 aromatic rings. The van der Waals surface area contributed by atoms with Gasteiger partial charge in [-0.05, 0) is 42.0 Å². The van der Waals surface area contributed by atoms with Crippen molar-refractivity contribution in [3.8, 4) is 0 Å². The lowest BCUT2D eigenvalue weighted by atomic mass is 10.0.